The second-order valence-corrected chi connectivity index (χ2v) is 6.46. The van der Waals surface area contributed by atoms with Crippen LogP contribution in [0.1, 0.15) is 28.4 Å². The highest BCUT2D eigenvalue weighted by molar-refractivity contribution is 5.99. The van der Waals surface area contributed by atoms with Crippen molar-refractivity contribution in [2.24, 2.45) is 0 Å². The number of para-hydroxylation sites is 1. The number of nitrogens with one attached hydrogen (secondary N) is 1. The third kappa shape index (κ3) is 3.26. The van der Waals surface area contributed by atoms with Gasteiger partial charge in [-0.3, -0.25) is 9.59 Å². The number of fused-ring (bicyclic) bond motifs is 2. The smallest absolute Gasteiger partial charge is 0.240 e. The van der Waals surface area contributed by atoms with Gasteiger partial charge >= 0.3 is 0 Å². The lowest BCUT2D eigenvalue weighted by atomic mass is 10.1. The molecule has 0 fully saturated rings. The van der Waals surface area contributed by atoms with Crippen molar-refractivity contribution in [2.75, 3.05) is 6.79 Å². The topological polar surface area (TPSA) is 69.6 Å². The third-order valence-electron chi connectivity index (χ3n) is 4.76. The molecular formula is C21H20N2O4. The molecule has 1 aliphatic heterocycles. The molecule has 0 atom stereocenters. The van der Waals surface area contributed by atoms with Crippen LogP contribution >= 0.6 is 0 Å². The Hall–Kier alpha value is -3.28. The molecule has 2 heterocycles. The molecule has 1 aromatic heterocycles. The van der Waals surface area contributed by atoms with Gasteiger partial charge in [-0.25, -0.2) is 0 Å². The first-order valence-corrected chi connectivity index (χ1v) is 8.90. The van der Waals surface area contributed by atoms with Gasteiger partial charge in [-0.1, -0.05) is 31.2 Å². The number of aryl methyl sites for hydroxylation is 1. The van der Waals surface area contributed by atoms with E-state index in [1.807, 2.05) is 41.0 Å². The minimum Gasteiger partial charge on any atom is -0.454 e. The Kier molecular flexibility index (Phi) is 4.54. The van der Waals surface area contributed by atoms with Gasteiger partial charge in [0.05, 0.1) is 5.52 Å². The molecule has 27 heavy (non-hydrogen) atoms. The van der Waals surface area contributed by atoms with Gasteiger partial charge in [0.25, 0.3) is 0 Å². The lowest BCUT2D eigenvalue weighted by Gasteiger charge is -2.10. The van der Waals surface area contributed by atoms with E-state index in [0.29, 0.717) is 17.9 Å². The van der Waals surface area contributed by atoms with E-state index in [9.17, 15) is 9.59 Å². The highest BCUT2D eigenvalue weighted by Gasteiger charge is 2.15. The number of carbonyl (C=O) groups excluding carboxylic acids is 2. The molecular weight excluding hydrogens is 344 g/mol. The Morgan fingerprint density at radius 3 is 2.89 bits per heavy atom. The zero-order chi connectivity index (χ0) is 18.8. The number of benzene rings is 2. The average Bonchev–Trinajstić information content (AvgIpc) is 3.30. The monoisotopic (exact) mass is 364 g/mol. The molecule has 1 aliphatic rings. The predicted molar refractivity (Wildman–Crippen MR) is 101 cm³/mol. The van der Waals surface area contributed by atoms with E-state index in [1.54, 1.807) is 6.20 Å². The fourth-order valence-corrected chi connectivity index (χ4v) is 3.43. The molecule has 0 saturated heterocycles. The summed E-state index contributed by atoms with van der Waals surface area (Å²) in [6, 6.07) is 11.5. The van der Waals surface area contributed by atoms with Crippen LogP contribution in [0.3, 0.4) is 0 Å². The molecule has 0 aliphatic carbocycles. The van der Waals surface area contributed by atoms with Gasteiger partial charge in [0.2, 0.25) is 12.7 Å². The summed E-state index contributed by atoms with van der Waals surface area (Å²) >= 11 is 0. The number of rotatable bonds is 6. The van der Waals surface area contributed by atoms with Crippen LogP contribution in [0.5, 0.6) is 11.5 Å². The Bertz CT molecular complexity index is 1020. The molecule has 0 bridgehead atoms. The summed E-state index contributed by atoms with van der Waals surface area (Å²) in [6.45, 7) is 2.85. The number of hydrogen-bond donors (Lipinski definition) is 1. The number of nitrogens with zero attached hydrogens (tertiary/aromatic N) is 1. The predicted octanol–water partition coefficient (Wildman–Crippen LogP) is 3.06. The maximum absolute atomic E-state index is 12.5. The van der Waals surface area contributed by atoms with Crippen LogP contribution in [0, 0.1) is 0 Å². The van der Waals surface area contributed by atoms with Gasteiger partial charge in [0.1, 0.15) is 6.54 Å². The number of hydrogen-bond acceptors (Lipinski definition) is 4. The summed E-state index contributed by atoms with van der Waals surface area (Å²) < 4.78 is 12.5. The van der Waals surface area contributed by atoms with Crippen molar-refractivity contribution in [3.05, 3.63) is 59.3 Å². The largest absolute Gasteiger partial charge is 0.454 e. The summed E-state index contributed by atoms with van der Waals surface area (Å²) in [5.41, 5.74) is 3.60. The normalized spacial score (nSPS) is 12.3. The van der Waals surface area contributed by atoms with E-state index >= 15 is 0 Å². The Balaban J connectivity index is 1.50. The van der Waals surface area contributed by atoms with E-state index < -0.39 is 0 Å². The quantitative estimate of drug-likeness (QED) is 0.683. The summed E-state index contributed by atoms with van der Waals surface area (Å²) in [7, 11) is 0. The molecule has 138 valence electrons. The summed E-state index contributed by atoms with van der Waals surface area (Å²) in [5, 5.41) is 3.81. The molecule has 2 aromatic carbocycles. The first-order chi connectivity index (χ1) is 13.2. The zero-order valence-electron chi connectivity index (χ0n) is 15.0. The number of amides is 1. The molecule has 6 nitrogen and oxygen atoms in total. The Labute approximate surface area is 156 Å². The number of carbonyl (C=O) groups is 2. The van der Waals surface area contributed by atoms with Gasteiger partial charge in [0, 0.05) is 23.7 Å². The number of aromatic nitrogens is 1. The molecule has 6 heteroatoms. The van der Waals surface area contributed by atoms with Crippen LogP contribution in [0.4, 0.5) is 0 Å². The number of aldehydes is 1. The average molecular weight is 364 g/mol. The van der Waals surface area contributed by atoms with Crippen molar-refractivity contribution in [1.82, 2.24) is 9.88 Å². The van der Waals surface area contributed by atoms with Crippen LogP contribution in [-0.2, 0) is 24.3 Å². The summed E-state index contributed by atoms with van der Waals surface area (Å²) in [5.74, 6) is 1.30. The van der Waals surface area contributed by atoms with Gasteiger partial charge in [-0.15, -0.1) is 0 Å². The molecule has 0 saturated carbocycles. The van der Waals surface area contributed by atoms with Crippen molar-refractivity contribution >= 4 is 23.1 Å². The van der Waals surface area contributed by atoms with Crippen molar-refractivity contribution in [2.45, 2.75) is 26.4 Å². The fraction of sp³-hybridized carbons (Fsp3) is 0.238. The van der Waals surface area contributed by atoms with E-state index in [2.05, 4.69) is 12.2 Å². The first-order valence-electron chi connectivity index (χ1n) is 8.90. The van der Waals surface area contributed by atoms with Crippen LogP contribution in [0.15, 0.2) is 42.6 Å². The molecule has 3 aromatic rings. The van der Waals surface area contributed by atoms with Crippen molar-refractivity contribution < 1.29 is 19.1 Å². The first kappa shape index (κ1) is 17.1. The van der Waals surface area contributed by atoms with Gasteiger partial charge in [-0.2, -0.15) is 0 Å². The van der Waals surface area contributed by atoms with Gasteiger partial charge < -0.3 is 19.4 Å². The Morgan fingerprint density at radius 2 is 2.07 bits per heavy atom. The van der Waals surface area contributed by atoms with Gasteiger partial charge in [-0.05, 0) is 29.7 Å². The maximum Gasteiger partial charge on any atom is 0.240 e. The standard InChI is InChI=1S/C21H20N2O4/c1-2-15-4-3-5-17-16(12-24)10-23(21(15)17)11-20(25)22-9-14-6-7-18-19(8-14)27-13-26-18/h3-8,10,12H,2,9,11,13H2,1H3,(H,22,25). The summed E-state index contributed by atoms with van der Waals surface area (Å²) in [6.07, 6.45) is 3.41. The highest BCUT2D eigenvalue weighted by atomic mass is 16.7. The van der Waals surface area contributed by atoms with E-state index in [4.69, 9.17) is 9.47 Å². The lowest BCUT2D eigenvalue weighted by Crippen LogP contribution is -2.27. The van der Waals surface area contributed by atoms with Crippen molar-refractivity contribution in [3.8, 4) is 11.5 Å². The van der Waals surface area contributed by atoms with Gasteiger partial charge in [0.15, 0.2) is 17.8 Å². The third-order valence-corrected chi connectivity index (χ3v) is 4.76. The molecule has 4 rings (SSSR count). The van der Waals surface area contributed by atoms with Crippen LogP contribution in [0.25, 0.3) is 10.9 Å². The van der Waals surface area contributed by atoms with E-state index in [-0.39, 0.29) is 19.2 Å². The minimum absolute atomic E-state index is 0.118. The van der Waals surface area contributed by atoms with E-state index in [1.165, 1.54) is 0 Å². The SMILES string of the molecule is CCc1cccc2c(C=O)cn(CC(=O)NCc3ccc4c(c3)OCO4)c12. The zero-order valence-corrected chi connectivity index (χ0v) is 15.0. The van der Waals surface area contributed by atoms with Crippen molar-refractivity contribution in [1.29, 1.82) is 0 Å². The molecule has 0 radical (unpaired) electrons. The van der Waals surface area contributed by atoms with Crippen molar-refractivity contribution in [3.63, 3.8) is 0 Å². The Morgan fingerprint density at radius 1 is 1.22 bits per heavy atom. The minimum atomic E-state index is -0.118. The van der Waals surface area contributed by atoms with Crippen LogP contribution in [0.2, 0.25) is 0 Å². The highest BCUT2D eigenvalue weighted by Crippen LogP contribution is 2.32. The molecule has 0 unspecified atom stereocenters. The lowest BCUT2D eigenvalue weighted by molar-refractivity contribution is -0.121. The molecule has 1 N–H and O–H groups in total. The molecule has 1 amide bonds. The van der Waals surface area contributed by atoms with Crippen LogP contribution in [-0.4, -0.2) is 23.6 Å². The number of ether oxygens (including phenoxy) is 2. The maximum atomic E-state index is 12.5. The second kappa shape index (κ2) is 7.15. The fourth-order valence-electron chi connectivity index (χ4n) is 3.43. The second-order valence-electron chi connectivity index (χ2n) is 6.46. The van der Waals surface area contributed by atoms with Crippen LogP contribution < -0.4 is 14.8 Å². The van der Waals surface area contributed by atoms with E-state index in [0.717, 1.165) is 40.5 Å². The summed E-state index contributed by atoms with van der Waals surface area (Å²) in [4.78, 5) is 23.9. The molecule has 0 spiro atoms.